The molecule has 0 radical (unpaired) electrons. The molecule has 0 fully saturated rings. The molecule has 1 aromatic heterocycles. The number of anilines is 1. The van der Waals surface area contributed by atoms with E-state index in [-0.39, 0.29) is 4.90 Å². The maximum atomic E-state index is 14.0. The minimum Gasteiger partial charge on any atom is -0.457 e. The summed E-state index contributed by atoms with van der Waals surface area (Å²) in [7, 11) is -3.96. The highest BCUT2D eigenvalue weighted by atomic mass is 32.2. The van der Waals surface area contributed by atoms with Crippen LogP contribution in [-0.2, 0) is 14.8 Å². The van der Waals surface area contributed by atoms with Gasteiger partial charge in [0.15, 0.2) is 0 Å². The summed E-state index contributed by atoms with van der Waals surface area (Å²) in [6.45, 7) is 4.00. The summed E-state index contributed by atoms with van der Waals surface area (Å²) in [5.41, 5.74) is 7.45. The fourth-order valence-corrected chi connectivity index (χ4v) is 9.01. The van der Waals surface area contributed by atoms with Crippen molar-refractivity contribution in [3.63, 3.8) is 0 Å². The quantitative estimate of drug-likeness (QED) is 0.148. The summed E-state index contributed by atoms with van der Waals surface area (Å²) in [5, 5.41) is 0.264. The Morgan fingerprint density at radius 2 is 1.04 bits per heavy atom. The Morgan fingerprint density at radius 3 is 1.56 bits per heavy atom. The minimum absolute atomic E-state index is 0.191. The highest BCUT2D eigenvalue weighted by molar-refractivity contribution is 8.01. The topological polar surface area (TPSA) is 59.3 Å². The van der Waals surface area contributed by atoms with Crippen molar-refractivity contribution in [2.24, 2.45) is 0 Å². The van der Waals surface area contributed by atoms with Gasteiger partial charge in [-0.15, -0.1) is 11.8 Å². The molecule has 0 aliphatic heterocycles. The fourth-order valence-electron chi connectivity index (χ4n) is 6.18. The van der Waals surface area contributed by atoms with Crippen molar-refractivity contribution in [3.8, 4) is 0 Å². The number of hydrogen-bond donors (Lipinski definition) is 1. The van der Waals surface area contributed by atoms with Crippen molar-refractivity contribution >= 4 is 38.4 Å². The third kappa shape index (κ3) is 6.05. The summed E-state index contributed by atoms with van der Waals surface area (Å²) in [6.07, 6.45) is 0. The van der Waals surface area contributed by atoms with Gasteiger partial charge in [0.25, 0.3) is 10.0 Å². The number of sulfonamides is 1. The second-order valence-electron chi connectivity index (χ2n) is 11.9. The molecule has 0 amide bonds. The van der Waals surface area contributed by atoms with Crippen LogP contribution in [0.2, 0.25) is 0 Å². The lowest BCUT2D eigenvalue weighted by molar-refractivity contribution is 0.559. The molecule has 0 spiro atoms. The first-order valence-electron chi connectivity index (χ1n) is 15.9. The molecular weight excluding hydrogens is 631 g/mol. The predicted molar refractivity (Wildman–Crippen MR) is 198 cm³/mol. The van der Waals surface area contributed by atoms with Crippen LogP contribution < -0.4 is 4.72 Å². The van der Waals surface area contributed by atoms with Crippen LogP contribution in [0.1, 0.15) is 44.4 Å². The molecule has 0 bridgehead atoms. The summed E-state index contributed by atoms with van der Waals surface area (Å²) >= 11 is 1.73. The van der Waals surface area contributed by atoms with Gasteiger partial charge in [0.05, 0.1) is 20.6 Å². The van der Waals surface area contributed by atoms with Gasteiger partial charge in [-0.1, -0.05) is 151 Å². The molecule has 7 rings (SSSR count). The van der Waals surface area contributed by atoms with E-state index >= 15 is 0 Å². The molecule has 48 heavy (non-hydrogen) atoms. The molecule has 4 nitrogen and oxygen atoms in total. The minimum atomic E-state index is -3.96. The second-order valence-corrected chi connectivity index (χ2v) is 14.9. The van der Waals surface area contributed by atoms with Gasteiger partial charge in [0.2, 0.25) is 0 Å². The number of fused-ring (bicyclic) bond motifs is 1. The number of benzene rings is 6. The van der Waals surface area contributed by atoms with Gasteiger partial charge in [-0.05, 0) is 60.4 Å². The predicted octanol–water partition coefficient (Wildman–Crippen LogP) is 10.7. The third-order valence-corrected chi connectivity index (χ3v) is 11.8. The maximum Gasteiger partial charge on any atom is 0.262 e. The zero-order chi connectivity index (χ0) is 33.1. The molecule has 1 N–H and O–H groups in total. The van der Waals surface area contributed by atoms with Crippen molar-refractivity contribution in [1.29, 1.82) is 0 Å². The van der Waals surface area contributed by atoms with Crippen LogP contribution in [-0.4, -0.2) is 8.42 Å². The van der Waals surface area contributed by atoms with E-state index in [0.29, 0.717) is 22.4 Å². The molecule has 1 heterocycles. The number of thioether (sulfide) groups is 1. The van der Waals surface area contributed by atoms with Crippen molar-refractivity contribution in [2.75, 3.05) is 4.72 Å². The Balaban J connectivity index is 1.50. The van der Waals surface area contributed by atoms with E-state index < -0.39 is 20.0 Å². The van der Waals surface area contributed by atoms with Gasteiger partial charge in [0, 0.05) is 5.39 Å². The Morgan fingerprint density at radius 1 is 0.583 bits per heavy atom. The monoisotopic (exact) mass is 665 g/mol. The number of hydrogen-bond acceptors (Lipinski definition) is 4. The van der Waals surface area contributed by atoms with Gasteiger partial charge < -0.3 is 4.42 Å². The summed E-state index contributed by atoms with van der Waals surface area (Å²) in [4.78, 5) is 0.191. The summed E-state index contributed by atoms with van der Waals surface area (Å²) in [5.74, 6) is 0.535. The third-order valence-electron chi connectivity index (χ3n) is 8.64. The van der Waals surface area contributed by atoms with E-state index in [9.17, 15) is 8.42 Å². The molecule has 0 saturated carbocycles. The zero-order valence-corrected chi connectivity index (χ0v) is 28.3. The molecular formula is C42H35NO3S2. The number of nitrogens with one attached hydrogen (secondary N) is 1. The average molecular weight is 666 g/mol. The lowest BCUT2D eigenvalue weighted by atomic mass is 9.84. The molecule has 0 aliphatic carbocycles. The zero-order valence-electron chi connectivity index (χ0n) is 26.7. The van der Waals surface area contributed by atoms with Crippen molar-refractivity contribution < 1.29 is 12.8 Å². The van der Waals surface area contributed by atoms with Crippen LogP contribution in [0, 0.1) is 13.8 Å². The Labute approximate surface area is 286 Å². The largest absolute Gasteiger partial charge is 0.457 e. The lowest BCUT2D eigenvalue weighted by Gasteiger charge is -2.38. The standard InChI is InChI=1S/C42H35NO3S2/c1-30-22-26-32(27-23-30)41(40-39(37-20-12-13-21-38(37)46-40)43-48(44,45)36-28-24-31(2)25-29-36)47-42(33-14-6-3-7-15-33,34-16-8-4-9-17-34)35-18-10-5-11-19-35/h3-29,41,43H,1-2H3. The van der Waals surface area contributed by atoms with Gasteiger partial charge >= 0.3 is 0 Å². The van der Waals surface area contributed by atoms with Gasteiger partial charge in [-0.25, -0.2) is 8.42 Å². The van der Waals surface area contributed by atoms with Crippen LogP contribution in [0.3, 0.4) is 0 Å². The maximum absolute atomic E-state index is 14.0. The van der Waals surface area contributed by atoms with Gasteiger partial charge in [-0.2, -0.15) is 0 Å². The number of aryl methyl sites for hydroxylation is 2. The van der Waals surface area contributed by atoms with E-state index in [1.807, 2.05) is 61.5 Å². The van der Waals surface area contributed by atoms with E-state index in [0.717, 1.165) is 33.4 Å². The van der Waals surface area contributed by atoms with Crippen LogP contribution in [0.15, 0.2) is 173 Å². The van der Waals surface area contributed by atoms with Crippen LogP contribution in [0.4, 0.5) is 5.69 Å². The first-order valence-corrected chi connectivity index (χ1v) is 18.2. The highest BCUT2D eigenvalue weighted by Crippen LogP contribution is 2.57. The number of rotatable bonds is 10. The van der Waals surface area contributed by atoms with Crippen molar-refractivity contribution in [1.82, 2.24) is 0 Å². The molecule has 1 unspecified atom stereocenters. The Kier molecular flexibility index (Phi) is 8.69. The normalized spacial score (nSPS) is 12.5. The molecule has 7 aromatic rings. The second kappa shape index (κ2) is 13.2. The van der Waals surface area contributed by atoms with E-state index in [4.69, 9.17) is 4.42 Å². The Hall–Kier alpha value is -5.04. The Bertz CT molecular complexity index is 2150. The fraction of sp³-hybridized carbons (Fsp3) is 0.0952. The van der Waals surface area contributed by atoms with Crippen LogP contribution in [0.25, 0.3) is 11.0 Å². The average Bonchev–Trinajstić information content (AvgIpc) is 3.48. The highest BCUT2D eigenvalue weighted by Gasteiger charge is 2.42. The number of para-hydroxylation sites is 1. The van der Waals surface area contributed by atoms with Crippen LogP contribution in [0.5, 0.6) is 0 Å². The van der Waals surface area contributed by atoms with E-state index in [2.05, 4.69) is 109 Å². The van der Waals surface area contributed by atoms with Gasteiger partial charge in [0.1, 0.15) is 11.3 Å². The SMILES string of the molecule is Cc1ccc(C(SC(c2ccccc2)(c2ccccc2)c2ccccc2)c2oc3ccccc3c2NS(=O)(=O)c2ccc(C)cc2)cc1. The lowest BCUT2D eigenvalue weighted by Crippen LogP contribution is -2.27. The molecule has 6 aromatic carbocycles. The summed E-state index contributed by atoms with van der Waals surface area (Å²) < 4.78 is 37.0. The molecule has 238 valence electrons. The van der Waals surface area contributed by atoms with Gasteiger partial charge in [-0.3, -0.25) is 4.72 Å². The molecule has 1 atom stereocenters. The molecule has 0 aliphatic rings. The molecule has 6 heteroatoms. The van der Waals surface area contributed by atoms with Crippen molar-refractivity contribution in [3.05, 3.63) is 203 Å². The first kappa shape index (κ1) is 31.6. The number of furan rings is 1. The van der Waals surface area contributed by atoms with Crippen LogP contribution >= 0.6 is 11.8 Å². The van der Waals surface area contributed by atoms with Crippen molar-refractivity contribution in [2.45, 2.75) is 28.7 Å². The van der Waals surface area contributed by atoms with E-state index in [1.54, 1.807) is 23.9 Å². The summed E-state index contributed by atoms with van der Waals surface area (Å²) in [6, 6.07) is 54.4. The van der Waals surface area contributed by atoms with E-state index in [1.165, 1.54) is 0 Å². The molecule has 0 saturated heterocycles. The smallest absolute Gasteiger partial charge is 0.262 e. The first-order chi connectivity index (χ1) is 23.3.